The first kappa shape index (κ1) is 29.4. The molecule has 0 aliphatic carbocycles. The molecule has 0 fully saturated rings. The van der Waals surface area contributed by atoms with Crippen molar-refractivity contribution in [3.8, 4) is 0 Å². The maximum absolute atomic E-state index is 13.3. The zero-order valence-electron chi connectivity index (χ0n) is 22.7. The van der Waals surface area contributed by atoms with Crippen LogP contribution in [0.25, 0.3) is 0 Å². The molecule has 0 saturated heterocycles. The first-order valence-electron chi connectivity index (χ1n) is 12.4. The molecule has 0 unspecified atom stereocenters. The number of hydrogen-bond acceptors (Lipinski definition) is 4. The molecule has 0 saturated carbocycles. The Morgan fingerprint density at radius 2 is 1.64 bits per heavy atom. The van der Waals surface area contributed by atoms with Gasteiger partial charge in [-0.05, 0) is 77.1 Å². The second-order valence-electron chi connectivity index (χ2n) is 10.5. The third-order valence-corrected chi connectivity index (χ3v) is 7.12. The van der Waals surface area contributed by atoms with Crippen LogP contribution in [0.4, 0.5) is 5.69 Å². The second kappa shape index (κ2) is 12.4. The molecule has 36 heavy (non-hydrogen) atoms. The van der Waals surface area contributed by atoms with Crippen LogP contribution in [0.5, 0.6) is 0 Å². The topological polar surface area (TPSA) is 86.8 Å². The number of aryl methyl sites for hydroxylation is 2. The Kier molecular flexibility index (Phi) is 10.1. The minimum Gasteiger partial charge on any atom is -0.350 e. The lowest BCUT2D eigenvalue weighted by molar-refractivity contribution is -0.140. The Bertz CT molecular complexity index is 1140. The molecule has 2 amide bonds. The summed E-state index contributed by atoms with van der Waals surface area (Å²) < 4.78 is 26.5. The van der Waals surface area contributed by atoms with Crippen LogP contribution in [0.2, 0.25) is 0 Å². The van der Waals surface area contributed by atoms with Crippen LogP contribution in [0, 0.1) is 13.8 Å². The normalized spacial score (nSPS) is 12.6. The van der Waals surface area contributed by atoms with E-state index in [2.05, 4.69) is 5.32 Å². The number of sulfonamides is 1. The quantitative estimate of drug-likeness (QED) is 0.485. The van der Waals surface area contributed by atoms with E-state index in [-0.39, 0.29) is 24.8 Å². The van der Waals surface area contributed by atoms with E-state index in [1.54, 1.807) is 11.8 Å². The highest BCUT2D eigenvalue weighted by Gasteiger charge is 2.28. The molecule has 2 aromatic rings. The van der Waals surface area contributed by atoms with Crippen LogP contribution in [0.1, 0.15) is 57.2 Å². The molecule has 7 nitrogen and oxygen atoms in total. The summed E-state index contributed by atoms with van der Waals surface area (Å²) in [5.74, 6) is -0.381. The summed E-state index contributed by atoms with van der Waals surface area (Å²) in [7, 11) is -3.53. The van der Waals surface area contributed by atoms with Gasteiger partial charge in [-0.2, -0.15) is 0 Å². The number of carbonyl (C=O) groups is 2. The minimum atomic E-state index is -3.53. The fourth-order valence-electron chi connectivity index (χ4n) is 4.01. The lowest BCUT2D eigenvalue weighted by Gasteiger charge is -2.32. The van der Waals surface area contributed by atoms with Crippen LogP contribution in [0.15, 0.2) is 48.5 Å². The van der Waals surface area contributed by atoms with E-state index in [9.17, 15) is 18.0 Å². The summed E-state index contributed by atoms with van der Waals surface area (Å²) in [6, 6.07) is 14.9. The zero-order valence-corrected chi connectivity index (χ0v) is 23.5. The molecular formula is C28H41N3O4S. The van der Waals surface area contributed by atoms with Gasteiger partial charge in [-0.3, -0.25) is 13.9 Å². The highest BCUT2D eigenvalue weighted by molar-refractivity contribution is 7.92. The number of nitrogens with one attached hydrogen (secondary N) is 1. The van der Waals surface area contributed by atoms with Gasteiger partial charge in [0.1, 0.15) is 6.04 Å². The molecule has 1 atom stereocenters. The van der Waals surface area contributed by atoms with Gasteiger partial charge in [-0.25, -0.2) is 8.42 Å². The van der Waals surface area contributed by atoms with Crippen LogP contribution >= 0.6 is 0 Å². The Morgan fingerprint density at radius 1 is 1.00 bits per heavy atom. The van der Waals surface area contributed by atoms with Crippen molar-refractivity contribution >= 4 is 27.5 Å². The van der Waals surface area contributed by atoms with Crippen molar-refractivity contribution < 1.29 is 18.0 Å². The van der Waals surface area contributed by atoms with Crippen LogP contribution < -0.4 is 9.62 Å². The van der Waals surface area contributed by atoms with Crippen molar-refractivity contribution in [2.75, 3.05) is 23.7 Å². The zero-order chi connectivity index (χ0) is 27.1. The molecule has 0 aromatic heterocycles. The van der Waals surface area contributed by atoms with Crippen molar-refractivity contribution in [3.63, 3.8) is 0 Å². The van der Waals surface area contributed by atoms with E-state index >= 15 is 0 Å². The molecule has 2 aromatic carbocycles. The minimum absolute atomic E-state index is 0.138. The van der Waals surface area contributed by atoms with E-state index < -0.39 is 21.6 Å². The molecule has 0 aliphatic rings. The van der Waals surface area contributed by atoms with Crippen LogP contribution in [-0.2, 0) is 26.0 Å². The van der Waals surface area contributed by atoms with Gasteiger partial charge in [0.15, 0.2) is 0 Å². The average molecular weight is 516 g/mol. The SMILES string of the molecule is Cc1ccc(C)c(N(CCCC(=O)N(CCc2ccccc2)[C@H](C)C(=O)NC(C)(C)C)S(C)(=O)=O)c1. The first-order chi connectivity index (χ1) is 16.7. The monoisotopic (exact) mass is 515 g/mol. The fourth-order valence-corrected chi connectivity index (χ4v) is 5.03. The number of nitrogens with zero attached hydrogens (tertiary/aromatic N) is 2. The van der Waals surface area contributed by atoms with E-state index in [0.717, 1.165) is 16.7 Å². The van der Waals surface area contributed by atoms with E-state index in [4.69, 9.17) is 0 Å². The summed E-state index contributed by atoms with van der Waals surface area (Å²) in [5, 5.41) is 2.96. The number of amides is 2. The van der Waals surface area contributed by atoms with Crippen molar-refractivity contribution in [1.29, 1.82) is 0 Å². The third-order valence-electron chi connectivity index (χ3n) is 5.94. The van der Waals surface area contributed by atoms with Gasteiger partial charge in [0.2, 0.25) is 21.8 Å². The van der Waals surface area contributed by atoms with Gasteiger partial charge in [0, 0.05) is 25.0 Å². The Balaban J connectivity index is 2.16. The van der Waals surface area contributed by atoms with Crippen molar-refractivity contribution in [1.82, 2.24) is 10.2 Å². The molecule has 0 radical (unpaired) electrons. The van der Waals surface area contributed by atoms with Gasteiger partial charge < -0.3 is 10.2 Å². The molecule has 198 valence electrons. The van der Waals surface area contributed by atoms with Gasteiger partial charge in [-0.15, -0.1) is 0 Å². The summed E-state index contributed by atoms with van der Waals surface area (Å²) in [6.07, 6.45) is 2.28. The highest BCUT2D eigenvalue weighted by Crippen LogP contribution is 2.24. The maximum Gasteiger partial charge on any atom is 0.242 e. The number of anilines is 1. The van der Waals surface area contributed by atoms with Crippen molar-refractivity contribution in [2.45, 2.75) is 72.4 Å². The Hall–Kier alpha value is -2.87. The van der Waals surface area contributed by atoms with E-state index in [1.807, 2.05) is 83.1 Å². The Labute approximate surface area is 216 Å². The molecule has 0 spiro atoms. The number of benzene rings is 2. The largest absolute Gasteiger partial charge is 0.350 e. The van der Waals surface area contributed by atoms with Crippen molar-refractivity contribution in [2.24, 2.45) is 0 Å². The molecule has 2 rings (SSSR count). The van der Waals surface area contributed by atoms with Gasteiger partial charge in [-0.1, -0.05) is 42.5 Å². The lowest BCUT2D eigenvalue weighted by Crippen LogP contribution is -2.53. The summed E-state index contributed by atoms with van der Waals surface area (Å²) in [5.41, 5.74) is 3.11. The lowest BCUT2D eigenvalue weighted by atomic mass is 10.1. The van der Waals surface area contributed by atoms with Crippen molar-refractivity contribution in [3.05, 3.63) is 65.2 Å². The smallest absolute Gasteiger partial charge is 0.242 e. The average Bonchev–Trinajstić information content (AvgIpc) is 2.77. The molecule has 0 aliphatic heterocycles. The molecule has 1 N–H and O–H groups in total. The summed E-state index contributed by atoms with van der Waals surface area (Å²) >= 11 is 0. The first-order valence-corrected chi connectivity index (χ1v) is 14.2. The molecule has 8 heteroatoms. The van der Waals surface area contributed by atoms with Crippen LogP contribution in [-0.4, -0.2) is 56.1 Å². The van der Waals surface area contributed by atoms with Crippen LogP contribution in [0.3, 0.4) is 0 Å². The number of rotatable bonds is 11. The molecule has 0 heterocycles. The summed E-state index contributed by atoms with van der Waals surface area (Å²) in [6.45, 7) is 11.8. The fraction of sp³-hybridized carbons (Fsp3) is 0.500. The van der Waals surface area contributed by atoms with Gasteiger partial charge in [0.25, 0.3) is 0 Å². The number of carbonyl (C=O) groups excluding carboxylic acids is 2. The highest BCUT2D eigenvalue weighted by atomic mass is 32.2. The van der Waals surface area contributed by atoms with E-state index in [1.165, 1.54) is 10.6 Å². The van der Waals surface area contributed by atoms with Gasteiger partial charge in [0.05, 0.1) is 11.9 Å². The molecule has 0 bridgehead atoms. The second-order valence-corrected chi connectivity index (χ2v) is 12.4. The van der Waals surface area contributed by atoms with Gasteiger partial charge >= 0.3 is 0 Å². The summed E-state index contributed by atoms with van der Waals surface area (Å²) in [4.78, 5) is 27.8. The Morgan fingerprint density at radius 3 is 2.22 bits per heavy atom. The van der Waals surface area contributed by atoms with E-state index in [0.29, 0.717) is 25.1 Å². The predicted octanol–water partition coefficient (Wildman–Crippen LogP) is 4.22. The number of hydrogen-bond donors (Lipinski definition) is 1. The maximum atomic E-state index is 13.3. The third kappa shape index (κ3) is 8.97. The predicted molar refractivity (Wildman–Crippen MR) is 147 cm³/mol. The molecular weight excluding hydrogens is 474 g/mol. The standard InChI is InChI=1S/C28H41N3O4S/c1-21-15-16-22(2)25(20-21)31(36(7,34)35)18-11-14-26(32)30(19-17-24-12-9-8-10-13-24)23(3)27(33)29-28(4,5)6/h8-10,12-13,15-16,20,23H,11,14,17-19H2,1-7H3,(H,29,33)/t23-/m1/s1.